The minimum atomic E-state index is 0.553. The van der Waals surface area contributed by atoms with Crippen LogP contribution in [0.1, 0.15) is 12.0 Å². The fraction of sp³-hybridized carbons (Fsp3) is 0.222. The molecule has 62 valence electrons. The van der Waals surface area contributed by atoms with Crippen molar-refractivity contribution in [3.8, 4) is 11.8 Å². The van der Waals surface area contributed by atoms with Gasteiger partial charge in [0, 0.05) is 19.0 Å². The molecule has 0 unspecified atom stereocenters. The number of aromatic nitrogens is 1. The smallest absolute Gasteiger partial charge is 0.195 e. The van der Waals surface area contributed by atoms with Crippen molar-refractivity contribution in [1.82, 2.24) is 0 Å². The van der Waals surface area contributed by atoms with E-state index in [0.717, 1.165) is 10.3 Å². The largest absolute Gasteiger partial charge is 0.619 e. The van der Waals surface area contributed by atoms with Gasteiger partial charge in [-0.3, -0.25) is 0 Å². The van der Waals surface area contributed by atoms with Crippen molar-refractivity contribution in [3.05, 3.63) is 35.3 Å². The number of nitrogens with two attached hydrogens (primary N) is 1. The molecule has 0 aromatic carbocycles. The third-order valence-corrected chi connectivity index (χ3v) is 1.28. The third-order valence-electron chi connectivity index (χ3n) is 1.28. The third kappa shape index (κ3) is 2.60. The fourth-order valence-corrected chi connectivity index (χ4v) is 0.765. The standard InChI is InChI=1S/C9H10N2O/c10-6-2-1-4-9-5-3-7-11(12)8-9/h3,5,7-8H,2,6,10H2. The number of nitrogens with zero attached hydrogens (tertiary/aromatic N) is 1. The summed E-state index contributed by atoms with van der Waals surface area (Å²) in [5, 5.41) is 10.7. The Morgan fingerprint density at radius 1 is 1.58 bits per heavy atom. The number of hydrogen-bond donors (Lipinski definition) is 1. The maximum absolute atomic E-state index is 10.7. The fourth-order valence-electron chi connectivity index (χ4n) is 0.765. The lowest BCUT2D eigenvalue weighted by Gasteiger charge is -1.92. The molecule has 1 aromatic rings. The first-order chi connectivity index (χ1) is 5.83. The van der Waals surface area contributed by atoms with Crippen molar-refractivity contribution in [2.45, 2.75) is 6.42 Å². The Balaban J connectivity index is 2.71. The summed E-state index contributed by atoms with van der Waals surface area (Å²) in [5.41, 5.74) is 5.98. The van der Waals surface area contributed by atoms with Crippen LogP contribution in [0.2, 0.25) is 0 Å². The summed E-state index contributed by atoms with van der Waals surface area (Å²) in [5.74, 6) is 5.69. The molecule has 1 rings (SSSR count). The van der Waals surface area contributed by atoms with Crippen LogP contribution in [0.15, 0.2) is 24.5 Å². The average Bonchev–Trinajstić information content (AvgIpc) is 2.05. The van der Waals surface area contributed by atoms with Crippen LogP contribution in [0.3, 0.4) is 0 Å². The molecule has 0 saturated carbocycles. The Morgan fingerprint density at radius 2 is 2.42 bits per heavy atom. The van der Waals surface area contributed by atoms with Gasteiger partial charge in [-0.25, -0.2) is 0 Å². The van der Waals surface area contributed by atoms with Crippen LogP contribution in [-0.2, 0) is 0 Å². The monoisotopic (exact) mass is 162 g/mol. The normalized spacial score (nSPS) is 8.75. The molecule has 0 amide bonds. The van der Waals surface area contributed by atoms with Gasteiger partial charge in [-0.15, -0.1) is 0 Å². The highest BCUT2D eigenvalue weighted by atomic mass is 16.5. The summed E-state index contributed by atoms with van der Waals surface area (Å²) in [6.45, 7) is 0.553. The van der Waals surface area contributed by atoms with Gasteiger partial charge in [-0.05, 0) is 6.07 Å². The summed E-state index contributed by atoms with van der Waals surface area (Å²) in [4.78, 5) is 0. The summed E-state index contributed by atoms with van der Waals surface area (Å²) >= 11 is 0. The van der Waals surface area contributed by atoms with E-state index in [1.807, 2.05) is 0 Å². The van der Waals surface area contributed by atoms with Crippen molar-refractivity contribution in [2.75, 3.05) is 6.54 Å². The van der Waals surface area contributed by atoms with Gasteiger partial charge in [0.25, 0.3) is 0 Å². The zero-order chi connectivity index (χ0) is 8.81. The Bertz CT molecular complexity index is 312. The molecule has 0 bridgehead atoms. The molecule has 0 aliphatic carbocycles. The molecule has 0 spiro atoms. The van der Waals surface area contributed by atoms with E-state index in [2.05, 4.69) is 11.8 Å². The summed E-state index contributed by atoms with van der Waals surface area (Å²) in [6, 6.07) is 3.46. The first kappa shape index (κ1) is 8.57. The van der Waals surface area contributed by atoms with Crippen LogP contribution in [0.5, 0.6) is 0 Å². The molecule has 2 N–H and O–H groups in total. The predicted octanol–water partition coefficient (Wildman–Crippen LogP) is 0.0203. The van der Waals surface area contributed by atoms with Gasteiger partial charge >= 0.3 is 0 Å². The van der Waals surface area contributed by atoms with E-state index < -0.39 is 0 Å². The molecule has 0 fully saturated rings. The van der Waals surface area contributed by atoms with Gasteiger partial charge in [0.15, 0.2) is 12.4 Å². The van der Waals surface area contributed by atoms with Gasteiger partial charge in [0.05, 0.1) is 5.56 Å². The zero-order valence-corrected chi connectivity index (χ0v) is 6.66. The second kappa shape index (κ2) is 4.37. The van der Waals surface area contributed by atoms with Gasteiger partial charge in [-0.2, -0.15) is 4.73 Å². The Morgan fingerprint density at radius 3 is 3.08 bits per heavy atom. The Kier molecular flexibility index (Phi) is 3.12. The van der Waals surface area contributed by atoms with E-state index in [0.29, 0.717) is 13.0 Å². The number of hydrogen-bond acceptors (Lipinski definition) is 2. The average molecular weight is 162 g/mol. The van der Waals surface area contributed by atoms with E-state index in [9.17, 15) is 5.21 Å². The quantitative estimate of drug-likeness (QED) is 0.359. The van der Waals surface area contributed by atoms with Crippen LogP contribution in [0.25, 0.3) is 0 Å². The molecular formula is C9H10N2O. The summed E-state index contributed by atoms with van der Waals surface area (Å²) in [7, 11) is 0. The van der Waals surface area contributed by atoms with Crippen molar-refractivity contribution in [1.29, 1.82) is 0 Å². The minimum Gasteiger partial charge on any atom is -0.619 e. The molecule has 1 heterocycles. The van der Waals surface area contributed by atoms with Gasteiger partial charge in [0.1, 0.15) is 0 Å². The lowest BCUT2D eigenvalue weighted by atomic mass is 10.3. The van der Waals surface area contributed by atoms with Crippen LogP contribution in [-0.4, -0.2) is 6.54 Å². The van der Waals surface area contributed by atoms with E-state index >= 15 is 0 Å². The molecule has 3 nitrogen and oxygen atoms in total. The molecule has 0 atom stereocenters. The predicted molar refractivity (Wildman–Crippen MR) is 46.0 cm³/mol. The van der Waals surface area contributed by atoms with Gasteiger partial charge < -0.3 is 10.9 Å². The van der Waals surface area contributed by atoms with Crippen LogP contribution < -0.4 is 10.5 Å². The molecule has 12 heavy (non-hydrogen) atoms. The second-order valence-corrected chi connectivity index (χ2v) is 2.29. The van der Waals surface area contributed by atoms with E-state index in [4.69, 9.17) is 5.73 Å². The summed E-state index contributed by atoms with van der Waals surface area (Å²) in [6.07, 6.45) is 3.52. The summed E-state index contributed by atoms with van der Waals surface area (Å²) < 4.78 is 0.729. The maximum Gasteiger partial charge on any atom is 0.195 e. The van der Waals surface area contributed by atoms with Crippen LogP contribution in [0.4, 0.5) is 0 Å². The minimum absolute atomic E-state index is 0.553. The van der Waals surface area contributed by atoms with Crippen molar-refractivity contribution in [2.24, 2.45) is 5.73 Å². The molecule has 0 aliphatic heterocycles. The molecule has 0 saturated heterocycles. The first-order valence-electron chi connectivity index (χ1n) is 3.70. The molecule has 0 radical (unpaired) electrons. The highest BCUT2D eigenvalue weighted by molar-refractivity contribution is 5.29. The first-order valence-corrected chi connectivity index (χ1v) is 3.70. The molecule has 1 aromatic heterocycles. The molecule has 0 aliphatic rings. The molecule has 3 heteroatoms. The van der Waals surface area contributed by atoms with Crippen LogP contribution >= 0.6 is 0 Å². The SMILES string of the molecule is NCCC#Cc1ccc[n+]([O-])c1. The lowest BCUT2D eigenvalue weighted by molar-refractivity contribution is -0.605. The lowest BCUT2D eigenvalue weighted by Crippen LogP contribution is -2.24. The zero-order valence-electron chi connectivity index (χ0n) is 6.66. The number of rotatable bonds is 1. The van der Waals surface area contributed by atoms with Crippen molar-refractivity contribution < 1.29 is 4.73 Å². The van der Waals surface area contributed by atoms with E-state index in [1.54, 1.807) is 12.1 Å². The van der Waals surface area contributed by atoms with E-state index in [-0.39, 0.29) is 0 Å². The maximum atomic E-state index is 10.7. The van der Waals surface area contributed by atoms with Crippen molar-refractivity contribution >= 4 is 0 Å². The highest BCUT2D eigenvalue weighted by Crippen LogP contribution is 1.89. The van der Waals surface area contributed by atoms with Gasteiger partial charge in [0.2, 0.25) is 0 Å². The van der Waals surface area contributed by atoms with E-state index in [1.165, 1.54) is 12.4 Å². The van der Waals surface area contributed by atoms with Crippen molar-refractivity contribution in [3.63, 3.8) is 0 Å². The topological polar surface area (TPSA) is 53.0 Å². The highest BCUT2D eigenvalue weighted by Gasteiger charge is 1.89. The van der Waals surface area contributed by atoms with Gasteiger partial charge in [-0.1, -0.05) is 11.8 Å². The van der Waals surface area contributed by atoms with Crippen LogP contribution in [0, 0.1) is 17.0 Å². The second-order valence-electron chi connectivity index (χ2n) is 2.29. The number of pyridine rings is 1. The Hall–Kier alpha value is -1.53. The molecular weight excluding hydrogens is 152 g/mol. The Labute approximate surface area is 71.4 Å².